The van der Waals surface area contributed by atoms with E-state index >= 15 is 0 Å². The molecule has 0 atom stereocenters. The Morgan fingerprint density at radius 3 is 1.83 bits per heavy atom. The van der Waals surface area contributed by atoms with E-state index in [1.165, 1.54) is 0 Å². The van der Waals surface area contributed by atoms with Crippen LogP contribution in [0.1, 0.15) is 29.6 Å². The topological polar surface area (TPSA) is 29.1 Å². The lowest BCUT2D eigenvalue weighted by Crippen LogP contribution is -2.53. The Morgan fingerprint density at radius 2 is 1.33 bits per heavy atom. The van der Waals surface area contributed by atoms with Crippen molar-refractivity contribution in [3.8, 4) is 0 Å². The molecule has 1 saturated carbocycles. The first-order valence-electron chi connectivity index (χ1n) is 8.54. The summed E-state index contributed by atoms with van der Waals surface area (Å²) in [5.74, 6) is -26.2. The van der Waals surface area contributed by atoms with Crippen molar-refractivity contribution >= 4 is 28.5 Å². The molecule has 30 heavy (non-hydrogen) atoms. The van der Waals surface area contributed by atoms with Gasteiger partial charge in [0.1, 0.15) is 0 Å². The fraction of sp³-hybridized carbons (Fsp3) is 0.500. The first-order valence-corrected chi connectivity index (χ1v) is 9.62. The van der Waals surface area contributed by atoms with E-state index in [0.717, 1.165) is 22.6 Å². The largest absolute Gasteiger partial charge is 0.382 e. The summed E-state index contributed by atoms with van der Waals surface area (Å²) in [5, 5.41) is 2.53. The molecule has 1 aliphatic rings. The van der Waals surface area contributed by atoms with Crippen molar-refractivity contribution in [2.75, 3.05) is 6.54 Å². The maximum absolute atomic E-state index is 14.4. The van der Waals surface area contributed by atoms with Crippen LogP contribution >= 0.6 is 22.6 Å². The summed E-state index contributed by atoms with van der Waals surface area (Å²) in [6, 6.07) is 8.07. The van der Waals surface area contributed by atoms with Crippen LogP contribution in [0.2, 0.25) is 0 Å². The van der Waals surface area contributed by atoms with E-state index in [1.807, 2.05) is 0 Å². The van der Waals surface area contributed by atoms with Gasteiger partial charge in [-0.25, -0.2) is 4.39 Å². The average Bonchev–Trinajstić information content (AvgIpc) is 2.71. The van der Waals surface area contributed by atoms with Crippen molar-refractivity contribution in [2.24, 2.45) is 0 Å². The second-order valence-electron chi connectivity index (χ2n) is 6.68. The highest BCUT2D eigenvalue weighted by molar-refractivity contribution is 14.1. The Balaban J connectivity index is 2.00. The number of hydrogen-bond acceptors (Lipinski definition) is 1. The zero-order valence-corrected chi connectivity index (χ0v) is 17.1. The van der Waals surface area contributed by atoms with Gasteiger partial charge in [0.25, 0.3) is 11.6 Å². The molecule has 0 heterocycles. The fourth-order valence-electron chi connectivity index (χ4n) is 2.83. The van der Waals surface area contributed by atoms with Crippen LogP contribution in [-0.2, 0) is 0 Å². The van der Waals surface area contributed by atoms with Crippen molar-refractivity contribution < 1.29 is 44.3 Å². The van der Waals surface area contributed by atoms with Gasteiger partial charge in [0.15, 0.2) is 0 Å². The molecular formula is C18H15F9INO. The van der Waals surface area contributed by atoms with E-state index in [0.29, 0.717) is 5.56 Å². The first-order chi connectivity index (χ1) is 13.6. The third-order valence-electron chi connectivity index (χ3n) is 4.62. The summed E-state index contributed by atoms with van der Waals surface area (Å²) in [6.45, 7) is 0.0981. The number of unbranched alkanes of at least 4 members (excludes halogenated alkanes) is 1. The van der Waals surface area contributed by atoms with Gasteiger partial charge in [-0.05, 0) is 63.6 Å². The van der Waals surface area contributed by atoms with Crippen molar-refractivity contribution in [1.82, 2.24) is 5.32 Å². The Morgan fingerprint density at radius 1 is 0.833 bits per heavy atom. The molecule has 1 N–H and O–H groups in total. The monoisotopic (exact) mass is 559 g/mol. The van der Waals surface area contributed by atoms with Crippen LogP contribution in [0, 0.1) is 0 Å². The lowest BCUT2D eigenvalue weighted by molar-refractivity contribution is -0.303. The Bertz CT molecular complexity index is 785. The molecule has 1 aliphatic carbocycles. The van der Waals surface area contributed by atoms with Gasteiger partial charge < -0.3 is 5.32 Å². The predicted octanol–water partition coefficient (Wildman–Crippen LogP) is 6.17. The van der Waals surface area contributed by atoms with Crippen LogP contribution in [0.4, 0.5) is 39.5 Å². The summed E-state index contributed by atoms with van der Waals surface area (Å²) in [4.78, 5) is 11.8. The molecule has 168 valence electrons. The molecule has 12 heteroatoms. The third-order valence-corrected chi connectivity index (χ3v) is 5.47. The van der Waals surface area contributed by atoms with Crippen LogP contribution in [-0.4, -0.2) is 41.8 Å². The molecular weight excluding hydrogens is 544 g/mol. The van der Waals surface area contributed by atoms with Gasteiger partial charge in [0.2, 0.25) is 0 Å². The third kappa shape index (κ3) is 3.68. The molecule has 0 spiro atoms. The Labute approximate surface area is 179 Å². The van der Waals surface area contributed by atoms with Gasteiger partial charge in [-0.1, -0.05) is 18.2 Å². The van der Waals surface area contributed by atoms with E-state index in [4.69, 9.17) is 0 Å². The van der Waals surface area contributed by atoms with Gasteiger partial charge >= 0.3 is 23.7 Å². The smallest absolute Gasteiger partial charge is 0.352 e. The van der Waals surface area contributed by atoms with E-state index in [-0.39, 0.29) is 25.8 Å². The number of hydrogen-bond donors (Lipinski definition) is 1. The maximum atomic E-state index is 14.4. The number of nitrogens with one attached hydrogen (secondary N) is 1. The van der Waals surface area contributed by atoms with E-state index in [9.17, 15) is 44.3 Å². The van der Waals surface area contributed by atoms with Crippen molar-refractivity contribution in [3.05, 3.63) is 45.6 Å². The minimum Gasteiger partial charge on any atom is -0.352 e. The molecule has 0 aliphatic heterocycles. The minimum atomic E-state index is -6.58. The van der Waals surface area contributed by atoms with E-state index in [1.54, 1.807) is 30.3 Å². The molecule has 2 rings (SSSR count). The molecule has 1 amide bonds. The zero-order chi connectivity index (χ0) is 23.0. The molecule has 0 bridgehead atoms. The normalized spacial score (nSPS) is 23.2. The van der Waals surface area contributed by atoms with Gasteiger partial charge in [-0.15, -0.1) is 0 Å². The molecule has 1 aromatic carbocycles. The summed E-state index contributed by atoms with van der Waals surface area (Å²) in [7, 11) is 0. The number of benzene rings is 1. The second kappa shape index (κ2) is 8.23. The van der Waals surface area contributed by atoms with Gasteiger partial charge in [-0.3, -0.25) is 4.79 Å². The number of alkyl halides is 9. The van der Waals surface area contributed by atoms with Crippen LogP contribution in [0.25, 0.3) is 0 Å². The van der Waals surface area contributed by atoms with Gasteiger partial charge in [0, 0.05) is 12.1 Å². The lowest BCUT2D eigenvalue weighted by atomic mass is 9.96. The number of carbonyl (C=O) groups excluding carboxylic acids is 1. The number of halogens is 10. The van der Waals surface area contributed by atoms with Crippen LogP contribution in [0.5, 0.6) is 0 Å². The summed E-state index contributed by atoms with van der Waals surface area (Å²) >= 11 is 1.15. The number of amides is 1. The van der Waals surface area contributed by atoms with Crippen molar-refractivity contribution in [1.29, 1.82) is 0 Å². The molecule has 1 aromatic rings. The van der Waals surface area contributed by atoms with Crippen molar-refractivity contribution in [2.45, 2.75) is 48.6 Å². The maximum Gasteiger partial charge on any atom is 0.382 e. The number of rotatable bonds is 7. The van der Waals surface area contributed by atoms with E-state index in [2.05, 4.69) is 5.32 Å². The molecule has 0 unspecified atom stereocenters. The highest BCUT2D eigenvalue weighted by Gasteiger charge is 3.00. The van der Waals surface area contributed by atoms with Gasteiger partial charge in [-0.2, -0.15) is 35.1 Å². The summed E-state index contributed by atoms with van der Waals surface area (Å²) < 4.78 is 121. The number of carbonyl (C=O) groups is 1. The van der Waals surface area contributed by atoms with Gasteiger partial charge in [0.05, 0.1) is 0 Å². The van der Waals surface area contributed by atoms with Crippen molar-refractivity contribution in [3.63, 3.8) is 0 Å². The molecule has 1 fully saturated rings. The number of allylic oxidation sites excluding steroid dienone is 2. The summed E-state index contributed by atoms with van der Waals surface area (Å²) in [6.07, 6.45) is -0.608. The van der Waals surface area contributed by atoms with Crippen LogP contribution < -0.4 is 5.32 Å². The molecule has 0 aromatic heterocycles. The summed E-state index contributed by atoms with van der Waals surface area (Å²) in [5.41, 5.74) is -5.19. The molecule has 0 radical (unpaired) electrons. The quantitative estimate of drug-likeness (QED) is 0.242. The zero-order valence-electron chi connectivity index (χ0n) is 15.0. The van der Waals surface area contributed by atoms with E-state index < -0.39 is 44.9 Å². The minimum absolute atomic E-state index is 0.0594. The molecule has 0 saturated heterocycles. The standard InChI is InChI=1S/C18H15F9INO/c19-14(15(20,21)17(24,25)18(26,27)16(14,22)23)10-12(28)8-4-5-9-29-13(30)11-6-2-1-3-7-11/h1-3,6-7,10H,4-5,8-9H2,(H,29,30). The lowest BCUT2D eigenvalue weighted by Gasteiger charge is -2.28. The molecule has 2 nitrogen and oxygen atoms in total. The predicted molar refractivity (Wildman–Crippen MR) is 98.4 cm³/mol. The Hall–Kier alpha value is -1.47. The Kier molecular flexibility index (Phi) is 6.80. The van der Waals surface area contributed by atoms with Crippen LogP contribution in [0.3, 0.4) is 0 Å². The highest BCUT2D eigenvalue weighted by Crippen LogP contribution is 2.69. The van der Waals surface area contributed by atoms with Crippen LogP contribution in [0.15, 0.2) is 40.0 Å². The highest BCUT2D eigenvalue weighted by atomic mass is 127. The SMILES string of the molecule is O=C(NCCCCC(I)=CC1(F)C(F)(F)C(F)(F)C(F)(F)C1(F)F)c1ccccc1. The first kappa shape index (κ1) is 24.8. The second-order valence-corrected chi connectivity index (χ2v) is 8.07. The fourth-order valence-corrected chi connectivity index (χ4v) is 3.64. The average molecular weight is 559 g/mol.